The lowest BCUT2D eigenvalue weighted by Crippen LogP contribution is -2.39. The molecule has 0 aliphatic carbocycles. The number of fused-ring (bicyclic) bond motifs is 1. The van der Waals surface area contributed by atoms with Crippen LogP contribution in [-0.4, -0.2) is 52.7 Å². The molecule has 4 rings (SSSR count). The van der Waals surface area contributed by atoms with Crippen LogP contribution in [0.15, 0.2) is 60.9 Å². The van der Waals surface area contributed by atoms with Crippen molar-refractivity contribution in [2.24, 2.45) is 0 Å². The Morgan fingerprint density at radius 1 is 1.08 bits per heavy atom. The third-order valence-electron chi connectivity index (χ3n) is 5.92. The summed E-state index contributed by atoms with van der Waals surface area (Å²) in [5.74, 6) is -0.224. The molecule has 4 N–H and O–H groups in total. The summed E-state index contributed by atoms with van der Waals surface area (Å²) in [6, 6.07) is 13.7. The number of aliphatic hydroxyl groups is 1. The predicted octanol–water partition coefficient (Wildman–Crippen LogP) is 4.36. The van der Waals surface area contributed by atoms with E-state index in [1.807, 2.05) is 38.2 Å². The second-order valence-electron chi connectivity index (χ2n) is 8.92. The molecule has 4 aromatic rings. The van der Waals surface area contributed by atoms with Gasteiger partial charge in [-0.1, -0.05) is 23.7 Å². The Bertz CT molecular complexity index is 1430. The number of aliphatic hydroxyl groups excluding tert-OH is 1. The molecule has 37 heavy (non-hydrogen) atoms. The lowest BCUT2D eigenvalue weighted by molar-refractivity contribution is 0.0909. The largest absolute Gasteiger partial charge is 0.490 e. The summed E-state index contributed by atoms with van der Waals surface area (Å²) < 4.78 is 5.91. The van der Waals surface area contributed by atoms with Crippen molar-refractivity contribution in [2.45, 2.75) is 32.4 Å². The molecule has 2 aromatic carbocycles. The Hall–Kier alpha value is -3.88. The number of hydrogen-bond acceptors (Lipinski definition) is 5. The van der Waals surface area contributed by atoms with Crippen molar-refractivity contribution in [3.63, 3.8) is 0 Å². The maximum Gasteiger partial charge on any atom is 0.255 e. The van der Waals surface area contributed by atoms with Gasteiger partial charge in [0.2, 0.25) is 0 Å². The summed E-state index contributed by atoms with van der Waals surface area (Å²) in [5, 5.41) is 16.8. The number of nitrogens with zero attached hydrogens (tertiary/aromatic N) is 1. The molecule has 2 aromatic heterocycles. The third kappa shape index (κ3) is 5.93. The predicted molar refractivity (Wildman–Crippen MR) is 144 cm³/mol. The normalized spacial score (nSPS) is 11.9. The van der Waals surface area contributed by atoms with Gasteiger partial charge >= 0.3 is 0 Å². The standard InChI is InChI=1S/C28H29ClN4O4/c1-16(2)37-25-9-7-17(18-6-8-22(24(29)13-18)27(35)30-3)12-23(25)28(36)33-20(15-34)11-19-14-32-26-21(19)5-4-10-31-26/h4-10,12-14,16,20,34H,11,15H2,1-3H3,(H,30,35)(H,31,32)(H,33,36). The van der Waals surface area contributed by atoms with Gasteiger partial charge in [-0.15, -0.1) is 0 Å². The average Bonchev–Trinajstić information content (AvgIpc) is 3.30. The Labute approximate surface area is 220 Å². The molecular formula is C28H29ClN4O4. The van der Waals surface area contributed by atoms with E-state index >= 15 is 0 Å². The van der Waals surface area contributed by atoms with E-state index < -0.39 is 6.04 Å². The fraction of sp³-hybridized carbons (Fsp3) is 0.250. The molecule has 0 saturated carbocycles. The summed E-state index contributed by atoms with van der Waals surface area (Å²) in [7, 11) is 1.54. The lowest BCUT2D eigenvalue weighted by atomic mass is 10.00. The molecule has 8 nitrogen and oxygen atoms in total. The number of carbonyl (C=O) groups excluding carboxylic acids is 2. The van der Waals surface area contributed by atoms with Crippen LogP contribution in [-0.2, 0) is 6.42 Å². The van der Waals surface area contributed by atoms with Gasteiger partial charge in [-0.05, 0) is 73.4 Å². The summed E-state index contributed by atoms with van der Waals surface area (Å²) in [4.78, 5) is 32.8. The van der Waals surface area contributed by atoms with Gasteiger partial charge in [0.25, 0.3) is 11.8 Å². The van der Waals surface area contributed by atoms with Crippen molar-refractivity contribution < 1.29 is 19.4 Å². The number of carbonyl (C=O) groups is 2. The summed E-state index contributed by atoms with van der Waals surface area (Å²) in [6.45, 7) is 3.53. The van der Waals surface area contributed by atoms with Gasteiger partial charge in [0.05, 0.1) is 34.9 Å². The van der Waals surface area contributed by atoms with E-state index in [1.165, 1.54) is 0 Å². The second-order valence-corrected chi connectivity index (χ2v) is 9.33. The van der Waals surface area contributed by atoms with Crippen LogP contribution in [0, 0.1) is 0 Å². The Morgan fingerprint density at radius 2 is 1.84 bits per heavy atom. The van der Waals surface area contributed by atoms with Gasteiger partial charge < -0.3 is 25.5 Å². The smallest absolute Gasteiger partial charge is 0.255 e. The average molecular weight is 521 g/mol. The Kier molecular flexibility index (Phi) is 8.11. The highest BCUT2D eigenvalue weighted by Crippen LogP contribution is 2.30. The number of hydrogen-bond donors (Lipinski definition) is 4. The number of nitrogens with one attached hydrogen (secondary N) is 3. The van der Waals surface area contributed by atoms with Gasteiger partial charge in [-0.2, -0.15) is 0 Å². The van der Waals surface area contributed by atoms with Gasteiger partial charge in [-0.3, -0.25) is 9.59 Å². The van der Waals surface area contributed by atoms with Crippen LogP contribution < -0.4 is 15.4 Å². The highest BCUT2D eigenvalue weighted by Gasteiger charge is 2.21. The number of rotatable bonds is 9. The van der Waals surface area contributed by atoms with Crippen molar-refractivity contribution >= 4 is 34.4 Å². The van der Waals surface area contributed by atoms with Crippen LogP contribution in [0.25, 0.3) is 22.2 Å². The quantitative estimate of drug-likeness (QED) is 0.261. The zero-order valence-electron chi connectivity index (χ0n) is 20.8. The first-order chi connectivity index (χ1) is 17.8. The highest BCUT2D eigenvalue weighted by atomic mass is 35.5. The van der Waals surface area contributed by atoms with Crippen LogP contribution in [0.4, 0.5) is 0 Å². The maximum atomic E-state index is 13.4. The molecule has 2 heterocycles. The monoisotopic (exact) mass is 520 g/mol. The minimum atomic E-state index is -0.524. The first kappa shape index (κ1) is 26.2. The fourth-order valence-electron chi connectivity index (χ4n) is 4.13. The number of benzene rings is 2. The van der Waals surface area contributed by atoms with Crippen molar-refractivity contribution in [3.8, 4) is 16.9 Å². The molecule has 0 saturated heterocycles. The van der Waals surface area contributed by atoms with E-state index in [9.17, 15) is 14.7 Å². The van der Waals surface area contributed by atoms with Crippen LogP contribution >= 0.6 is 11.6 Å². The molecule has 0 spiro atoms. The molecule has 0 radical (unpaired) electrons. The third-order valence-corrected chi connectivity index (χ3v) is 6.23. The number of ether oxygens (including phenoxy) is 1. The number of aromatic amines is 1. The number of H-pyrrole nitrogens is 1. The Balaban J connectivity index is 1.62. The van der Waals surface area contributed by atoms with E-state index in [4.69, 9.17) is 16.3 Å². The van der Waals surface area contributed by atoms with Crippen molar-refractivity contribution in [1.29, 1.82) is 0 Å². The summed E-state index contributed by atoms with van der Waals surface area (Å²) >= 11 is 6.35. The molecular weight excluding hydrogens is 492 g/mol. The molecule has 0 aliphatic rings. The molecule has 2 amide bonds. The van der Waals surface area contributed by atoms with E-state index in [-0.39, 0.29) is 24.5 Å². The number of amides is 2. The molecule has 1 atom stereocenters. The van der Waals surface area contributed by atoms with Crippen molar-refractivity contribution in [2.75, 3.05) is 13.7 Å². The molecule has 0 aliphatic heterocycles. The lowest BCUT2D eigenvalue weighted by Gasteiger charge is -2.19. The molecule has 9 heteroatoms. The summed E-state index contributed by atoms with van der Waals surface area (Å²) in [5.41, 5.74) is 3.87. The first-order valence-corrected chi connectivity index (χ1v) is 12.3. The van der Waals surface area contributed by atoms with Gasteiger partial charge in [0.1, 0.15) is 11.4 Å². The first-order valence-electron chi connectivity index (χ1n) is 12.0. The minimum absolute atomic E-state index is 0.147. The van der Waals surface area contributed by atoms with E-state index in [0.717, 1.165) is 27.7 Å². The zero-order chi connectivity index (χ0) is 26.5. The zero-order valence-corrected chi connectivity index (χ0v) is 21.6. The highest BCUT2D eigenvalue weighted by molar-refractivity contribution is 6.34. The molecule has 1 unspecified atom stereocenters. The number of aromatic nitrogens is 2. The van der Waals surface area contributed by atoms with Gasteiger partial charge in [-0.25, -0.2) is 4.98 Å². The number of halogens is 1. The van der Waals surface area contributed by atoms with Crippen molar-refractivity contribution in [3.05, 3.63) is 82.6 Å². The minimum Gasteiger partial charge on any atom is -0.490 e. The molecule has 0 bridgehead atoms. The van der Waals surface area contributed by atoms with Crippen LogP contribution in [0.2, 0.25) is 5.02 Å². The van der Waals surface area contributed by atoms with Gasteiger partial charge in [0.15, 0.2) is 0 Å². The van der Waals surface area contributed by atoms with E-state index in [2.05, 4.69) is 20.6 Å². The van der Waals surface area contributed by atoms with Crippen LogP contribution in [0.1, 0.15) is 40.1 Å². The Morgan fingerprint density at radius 3 is 2.54 bits per heavy atom. The topological polar surface area (TPSA) is 116 Å². The SMILES string of the molecule is CNC(=O)c1ccc(-c2ccc(OC(C)C)c(C(=O)NC(CO)Cc3c[nH]c4ncccc34)c2)cc1Cl. The van der Waals surface area contributed by atoms with Crippen molar-refractivity contribution in [1.82, 2.24) is 20.6 Å². The van der Waals surface area contributed by atoms with E-state index in [1.54, 1.807) is 43.6 Å². The van der Waals surface area contributed by atoms with Crippen LogP contribution in [0.5, 0.6) is 5.75 Å². The van der Waals surface area contributed by atoms with Gasteiger partial charge in [0, 0.05) is 24.8 Å². The molecule has 0 fully saturated rings. The van der Waals surface area contributed by atoms with E-state index in [0.29, 0.717) is 28.3 Å². The van der Waals surface area contributed by atoms with Crippen LogP contribution in [0.3, 0.4) is 0 Å². The maximum absolute atomic E-state index is 13.4. The fourth-order valence-corrected chi connectivity index (χ4v) is 4.39. The molecule has 192 valence electrons. The second kappa shape index (κ2) is 11.5. The summed E-state index contributed by atoms with van der Waals surface area (Å²) in [6.07, 6.45) is 3.82. The number of pyridine rings is 1.